The van der Waals surface area contributed by atoms with Crippen LogP contribution in [0.5, 0.6) is 0 Å². The highest BCUT2D eigenvalue weighted by molar-refractivity contribution is 7.98. The smallest absolute Gasteiger partial charge is 0.225 e. The second kappa shape index (κ2) is 6.75. The molecule has 1 heterocycles. The van der Waals surface area contributed by atoms with Crippen LogP contribution in [-0.2, 0) is 10.5 Å². The predicted octanol–water partition coefficient (Wildman–Crippen LogP) is 1.39. The van der Waals surface area contributed by atoms with Crippen molar-refractivity contribution in [2.24, 2.45) is 5.92 Å². The van der Waals surface area contributed by atoms with Gasteiger partial charge in [0.05, 0.1) is 5.92 Å². The molecule has 0 bridgehead atoms. The minimum atomic E-state index is -0.158. The van der Waals surface area contributed by atoms with Gasteiger partial charge in [-0.1, -0.05) is 18.2 Å². The molecule has 1 aliphatic heterocycles. The summed E-state index contributed by atoms with van der Waals surface area (Å²) in [5.41, 5.74) is 0.719. The standard InChI is InChI=1S/C13H17FN2OS/c14-12-4-2-1-3-10(12)9-18-6-5-16-13(17)11-7-15-8-11/h1-4,11,15H,5-9H2,(H,16,17). The van der Waals surface area contributed by atoms with Crippen molar-refractivity contribution in [1.29, 1.82) is 0 Å². The first-order valence-corrected chi connectivity index (χ1v) is 7.22. The minimum absolute atomic E-state index is 0.125. The van der Waals surface area contributed by atoms with E-state index in [2.05, 4.69) is 10.6 Å². The van der Waals surface area contributed by atoms with Crippen molar-refractivity contribution in [3.8, 4) is 0 Å². The zero-order chi connectivity index (χ0) is 12.8. The van der Waals surface area contributed by atoms with Crippen LogP contribution in [0.1, 0.15) is 5.56 Å². The number of benzene rings is 1. The molecule has 18 heavy (non-hydrogen) atoms. The molecule has 5 heteroatoms. The zero-order valence-corrected chi connectivity index (χ0v) is 10.9. The molecule has 0 saturated carbocycles. The number of thioether (sulfide) groups is 1. The van der Waals surface area contributed by atoms with Gasteiger partial charge < -0.3 is 10.6 Å². The van der Waals surface area contributed by atoms with E-state index in [0.29, 0.717) is 12.3 Å². The van der Waals surface area contributed by atoms with Gasteiger partial charge in [0.1, 0.15) is 5.82 Å². The summed E-state index contributed by atoms with van der Waals surface area (Å²) < 4.78 is 13.3. The third-order valence-corrected chi connectivity index (χ3v) is 3.92. The Morgan fingerprint density at radius 3 is 2.89 bits per heavy atom. The molecule has 1 fully saturated rings. The third-order valence-electron chi connectivity index (χ3n) is 2.91. The first-order chi connectivity index (χ1) is 8.77. The van der Waals surface area contributed by atoms with Gasteiger partial charge in [0.2, 0.25) is 5.91 Å². The molecule has 1 saturated heterocycles. The van der Waals surface area contributed by atoms with E-state index in [9.17, 15) is 9.18 Å². The number of nitrogens with one attached hydrogen (secondary N) is 2. The summed E-state index contributed by atoms with van der Waals surface area (Å²) in [5.74, 6) is 1.56. The first-order valence-electron chi connectivity index (χ1n) is 6.07. The average molecular weight is 268 g/mol. The Morgan fingerprint density at radius 1 is 1.44 bits per heavy atom. The van der Waals surface area contributed by atoms with Gasteiger partial charge in [0, 0.05) is 31.1 Å². The molecule has 0 aromatic heterocycles. The Balaban J connectivity index is 1.58. The van der Waals surface area contributed by atoms with Crippen molar-refractivity contribution in [2.75, 3.05) is 25.4 Å². The molecule has 0 spiro atoms. The molecule has 98 valence electrons. The predicted molar refractivity (Wildman–Crippen MR) is 71.9 cm³/mol. The molecule has 1 aromatic rings. The summed E-state index contributed by atoms with van der Waals surface area (Å²) in [6.07, 6.45) is 0. The Labute approximate surface area is 111 Å². The van der Waals surface area contributed by atoms with Crippen molar-refractivity contribution in [3.63, 3.8) is 0 Å². The maximum atomic E-state index is 13.3. The number of carbonyl (C=O) groups excluding carboxylic acids is 1. The van der Waals surface area contributed by atoms with Crippen molar-refractivity contribution >= 4 is 17.7 Å². The molecular weight excluding hydrogens is 251 g/mol. The van der Waals surface area contributed by atoms with Crippen molar-refractivity contribution < 1.29 is 9.18 Å². The Kier molecular flexibility index (Phi) is 5.01. The van der Waals surface area contributed by atoms with Crippen LogP contribution in [0, 0.1) is 11.7 Å². The lowest BCUT2D eigenvalue weighted by molar-refractivity contribution is -0.126. The van der Waals surface area contributed by atoms with E-state index in [-0.39, 0.29) is 17.6 Å². The van der Waals surface area contributed by atoms with Gasteiger partial charge in [0.25, 0.3) is 0 Å². The SMILES string of the molecule is O=C(NCCSCc1ccccc1F)C1CNC1. The van der Waals surface area contributed by atoms with E-state index in [0.717, 1.165) is 24.4 Å². The van der Waals surface area contributed by atoms with Gasteiger partial charge >= 0.3 is 0 Å². The van der Waals surface area contributed by atoms with Gasteiger partial charge in [-0.2, -0.15) is 11.8 Å². The van der Waals surface area contributed by atoms with Crippen LogP contribution in [-0.4, -0.2) is 31.3 Å². The second-order valence-corrected chi connectivity index (χ2v) is 5.40. The van der Waals surface area contributed by atoms with E-state index in [4.69, 9.17) is 0 Å². The van der Waals surface area contributed by atoms with E-state index >= 15 is 0 Å². The molecule has 3 nitrogen and oxygen atoms in total. The summed E-state index contributed by atoms with van der Waals surface area (Å²) in [5, 5.41) is 5.96. The lowest BCUT2D eigenvalue weighted by Gasteiger charge is -2.25. The number of hydrogen-bond donors (Lipinski definition) is 2. The highest BCUT2D eigenvalue weighted by Crippen LogP contribution is 2.14. The maximum Gasteiger partial charge on any atom is 0.225 e. The Bertz CT molecular complexity index is 410. The van der Waals surface area contributed by atoms with Crippen LogP contribution in [0.2, 0.25) is 0 Å². The van der Waals surface area contributed by atoms with E-state index in [1.165, 1.54) is 6.07 Å². The van der Waals surface area contributed by atoms with E-state index in [1.807, 2.05) is 6.07 Å². The Hall–Kier alpha value is -1.07. The molecular formula is C13H17FN2OS. The number of hydrogen-bond acceptors (Lipinski definition) is 3. The molecule has 2 N–H and O–H groups in total. The van der Waals surface area contributed by atoms with Gasteiger partial charge in [-0.15, -0.1) is 0 Å². The van der Waals surface area contributed by atoms with Gasteiger partial charge in [-0.3, -0.25) is 4.79 Å². The highest BCUT2D eigenvalue weighted by Gasteiger charge is 2.23. The molecule has 0 unspecified atom stereocenters. The molecule has 2 rings (SSSR count). The van der Waals surface area contributed by atoms with Crippen LogP contribution in [0.3, 0.4) is 0 Å². The van der Waals surface area contributed by atoms with Crippen LogP contribution in [0.25, 0.3) is 0 Å². The zero-order valence-electron chi connectivity index (χ0n) is 10.1. The summed E-state index contributed by atoms with van der Waals surface area (Å²) in [4.78, 5) is 11.5. The fourth-order valence-corrected chi connectivity index (χ4v) is 2.51. The van der Waals surface area contributed by atoms with Crippen LogP contribution in [0.15, 0.2) is 24.3 Å². The van der Waals surface area contributed by atoms with Crippen molar-refractivity contribution in [2.45, 2.75) is 5.75 Å². The summed E-state index contributed by atoms with van der Waals surface area (Å²) in [6, 6.07) is 6.79. The van der Waals surface area contributed by atoms with Crippen LogP contribution in [0.4, 0.5) is 4.39 Å². The molecule has 0 atom stereocenters. The molecule has 1 aromatic carbocycles. The van der Waals surface area contributed by atoms with E-state index in [1.54, 1.807) is 23.9 Å². The molecule has 0 radical (unpaired) electrons. The maximum absolute atomic E-state index is 13.3. The summed E-state index contributed by atoms with van der Waals surface area (Å²) >= 11 is 1.63. The van der Waals surface area contributed by atoms with Crippen molar-refractivity contribution in [1.82, 2.24) is 10.6 Å². The number of amides is 1. The van der Waals surface area contributed by atoms with E-state index < -0.39 is 0 Å². The lowest BCUT2D eigenvalue weighted by Crippen LogP contribution is -2.51. The molecule has 1 aliphatic rings. The fraction of sp³-hybridized carbons (Fsp3) is 0.462. The van der Waals surface area contributed by atoms with Crippen LogP contribution >= 0.6 is 11.8 Å². The first kappa shape index (κ1) is 13.4. The van der Waals surface area contributed by atoms with Gasteiger partial charge in [-0.05, 0) is 11.6 Å². The number of halogens is 1. The van der Waals surface area contributed by atoms with Gasteiger partial charge in [-0.25, -0.2) is 4.39 Å². The number of carbonyl (C=O) groups is 1. The topological polar surface area (TPSA) is 41.1 Å². The summed E-state index contributed by atoms with van der Waals surface area (Å²) in [6.45, 7) is 2.22. The lowest BCUT2D eigenvalue weighted by atomic mass is 10.0. The fourth-order valence-electron chi connectivity index (χ4n) is 1.66. The normalized spacial score (nSPS) is 15.2. The van der Waals surface area contributed by atoms with Crippen LogP contribution < -0.4 is 10.6 Å². The Morgan fingerprint density at radius 2 is 2.22 bits per heavy atom. The molecule has 0 aliphatic carbocycles. The highest BCUT2D eigenvalue weighted by atomic mass is 32.2. The largest absolute Gasteiger partial charge is 0.355 e. The third kappa shape index (κ3) is 3.71. The van der Waals surface area contributed by atoms with Crippen molar-refractivity contribution in [3.05, 3.63) is 35.6 Å². The minimum Gasteiger partial charge on any atom is -0.355 e. The average Bonchev–Trinajstić information content (AvgIpc) is 2.28. The molecule has 1 amide bonds. The second-order valence-electron chi connectivity index (χ2n) is 4.29. The number of rotatable bonds is 6. The van der Waals surface area contributed by atoms with Gasteiger partial charge in [0.15, 0.2) is 0 Å². The quantitative estimate of drug-likeness (QED) is 0.766. The monoisotopic (exact) mass is 268 g/mol. The summed E-state index contributed by atoms with van der Waals surface area (Å²) in [7, 11) is 0.